The highest BCUT2D eigenvalue weighted by molar-refractivity contribution is 5.25. The van der Waals surface area contributed by atoms with Gasteiger partial charge in [0.15, 0.2) is 0 Å². The second-order valence-electron chi connectivity index (χ2n) is 5.19. The molecule has 1 aromatic rings. The van der Waals surface area contributed by atoms with Crippen LogP contribution in [-0.2, 0) is 6.54 Å². The minimum Gasteiger partial charge on any atom is -0.394 e. The van der Waals surface area contributed by atoms with Crippen molar-refractivity contribution in [1.82, 2.24) is 5.32 Å². The molecule has 2 heteroatoms. The van der Waals surface area contributed by atoms with E-state index in [1.165, 1.54) is 11.1 Å². The van der Waals surface area contributed by atoms with Crippen LogP contribution in [0, 0.1) is 0 Å². The van der Waals surface area contributed by atoms with E-state index < -0.39 is 0 Å². The smallest absolute Gasteiger partial charge is 0.0613 e. The molecule has 1 saturated carbocycles. The van der Waals surface area contributed by atoms with Crippen molar-refractivity contribution in [2.24, 2.45) is 0 Å². The first-order valence-electron chi connectivity index (χ1n) is 6.10. The largest absolute Gasteiger partial charge is 0.394 e. The average Bonchev–Trinajstić information content (AvgIpc) is 3.08. The molecule has 0 aliphatic heterocycles. The molecule has 0 bridgehead atoms. The minimum atomic E-state index is 0.0384. The van der Waals surface area contributed by atoms with Crippen molar-refractivity contribution in [3.8, 4) is 0 Å². The summed E-state index contributed by atoms with van der Waals surface area (Å²) in [6.45, 7) is 5.53. The van der Waals surface area contributed by atoms with Crippen LogP contribution in [0.1, 0.15) is 43.7 Å². The first-order chi connectivity index (χ1) is 7.65. The molecule has 0 radical (unpaired) electrons. The van der Waals surface area contributed by atoms with Gasteiger partial charge >= 0.3 is 0 Å². The molecule has 0 saturated heterocycles. The summed E-state index contributed by atoms with van der Waals surface area (Å²) in [7, 11) is 0. The third-order valence-corrected chi connectivity index (χ3v) is 3.47. The van der Waals surface area contributed by atoms with Gasteiger partial charge in [0.2, 0.25) is 0 Å². The van der Waals surface area contributed by atoms with E-state index in [1.807, 2.05) is 0 Å². The van der Waals surface area contributed by atoms with Gasteiger partial charge in [-0.05, 0) is 29.9 Å². The summed E-state index contributed by atoms with van der Waals surface area (Å²) in [4.78, 5) is 0. The van der Waals surface area contributed by atoms with Crippen LogP contribution < -0.4 is 5.32 Å². The van der Waals surface area contributed by atoms with E-state index >= 15 is 0 Å². The van der Waals surface area contributed by atoms with Crippen molar-refractivity contribution in [3.63, 3.8) is 0 Å². The van der Waals surface area contributed by atoms with Gasteiger partial charge < -0.3 is 10.4 Å². The molecule has 0 unspecified atom stereocenters. The third-order valence-electron chi connectivity index (χ3n) is 3.47. The maximum atomic E-state index is 9.19. The predicted molar refractivity (Wildman–Crippen MR) is 66.4 cm³/mol. The summed E-state index contributed by atoms with van der Waals surface area (Å²) in [6.07, 6.45) is 2.21. The van der Waals surface area contributed by atoms with E-state index in [0.29, 0.717) is 5.92 Å². The first-order valence-corrected chi connectivity index (χ1v) is 6.10. The van der Waals surface area contributed by atoms with Crippen LogP contribution in [0.4, 0.5) is 0 Å². The zero-order chi connectivity index (χ0) is 11.6. The zero-order valence-electron chi connectivity index (χ0n) is 10.2. The summed E-state index contributed by atoms with van der Waals surface area (Å²) in [6, 6.07) is 8.74. The number of aliphatic hydroxyl groups excluding tert-OH is 1. The fraction of sp³-hybridized carbons (Fsp3) is 0.571. The second kappa shape index (κ2) is 4.56. The van der Waals surface area contributed by atoms with Crippen LogP contribution in [0.15, 0.2) is 24.3 Å². The molecule has 88 valence electrons. The minimum absolute atomic E-state index is 0.0384. The molecular weight excluding hydrogens is 198 g/mol. The highest BCUT2D eigenvalue weighted by atomic mass is 16.3. The molecular formula is C14H21NO. The third kappa shape index (κ3) is 2.63. The monoisotopic (exact) mass is 219 g/mol. The molecule has 0 atom stereocenters. The Morgan fingerprint density at radius 2 is 1.88 bits per heavy atom. The lowest BCUT2D eigenvalue weighted by Crippen LogP contribution is -2.34. The van der Waals surface area contributed by atoms with Gasteiger partial charge in [0, 0.05) is 12.1 Å². The highest BCUT2D eigenvalue weighted by Crippen LogP contribution is 2.34. The maximum absolute atomic E-state index is 9.19. The van der Waals surface area contributed by atoms with Gasteiger partial charge in [-0.3, -0.25) is 0 Å². The maximum Gasteiger partial charge on any atom is 0.0613 e. The zero-order valence-corrected chi connectivity index (χ0v) is 10.2. The van der Waals surface area contributed by atoms with Crippen molar-refractivity contribution in [2.45, 2.75) is 44.7 Å². The van der Waals surface area contributed by atoms with Gasteiger partial charge in [-0.25, -0.2) is 0 Å². The lowest BCUT2D eigenvalue weighted by atomic mass is 10.0. The molecule has 0 spiro atoms. The molecule has 1 aliphatic carbocycles. The van der Waals surface area contributed by atoms with Crippen molar-refractivity contribution in [2.75, 3.05) is 6.61 Å². The Hall–Kier alpha value is -0.860. The number of nitrogens with one attached hydrogen (secondary N) is 1. The second-order valence-corrected chi connectivity index (χ2v) is 5.19. The average molecular weight is 219 g/mol. The molecule has 16 heavy (non-hydrogen) atoms. The topological polar surface area (TPSA) is 32.3 Å². The summed E-state index contributed by atoms with van der Waals surface area (Å²) >= 11 is 0. The van der Waals surface area contributed by atoms with Gasteiger partial charge in [0.05, 0.1) is 6.61 Å². The Morgan fingerprint density at radius 1 is 1.25 bits per heavy atom. The van der Waals surface area contributed by atoms with Crippen LogP contribution in [0.2, 0.25) is 0 Å². The number of benzene rings is 1. The van der Waals surface area contributed by atoms with Crippen molar-refractivity contribution in [1.29, 1.82) is 0 Å². The molecule has 1 aromatic carbocycles. The molecule has 0 aromatic heterocycles. The van der Waals surface area contributed by atoms with Crippen LogP contribution in [0.5, 0.6) is 0 Å². The summed E-state index contributed by atoms with van der Waals surface area (Å²) < 4.78 is 0. The highest BCUT2D eigenvalue weighted by Gasteiger charge is 2.41. The standard InChI is InChI=1S/C14H21NO/c1-11(2)13-5-3-12(4-6-13)9-15-14(10-16)7-8-14/h3-6,11,15-16H,7-10H2,1-2H3. The van der Waals surface area contributed by atoms with Gasteiger partial charge in [-0.1, -0.05) is 38.1 Å². The lowest BCUT2D eigenvalue weighted by Gasteiger charge is -2.14. The normalized spacial score (nSPS) is 17.8. The van der Waals surface area contributed by atoms with Gasteiger partial charge in [0.25, 0.3) is 0 Å². The SMILES string of the molecule is CC(C)c1ccc(CNC2(CO)CC2)cc1. The Kier molecular flexibility index (Phi) is 3.31. The summed E-state index contributed by atoms with van der Waals surface area (Å²) in [5, 5.41) is 12.6. The summed E-state index contributed by atoms with van der Waals surface area (Å²) in [5.74, 6) is 0.592. The Bertz CT molecular complexity index is 338. The summed E-state index contributed by atoms with van der Waals surface area (Å²) in [5.41, 5.74) is 2.72. The molecule has 2 nitrogen and oxygen atoms in total. The predicted octanol–water partition coefficient (Wildman–Crippen LogP) is 2.42. The van der Waals surface area contributed by atoms with Crippen LogP contribution in [-0.4, -0.2) is 17.3 Å². The van der Waals surface area contributed by atoms with Crippen LogP contribution in [0.25, 0.3) is 0 Å². The molecule has 1 fully saturated rings. The van der Waals surface area contributed by atoms with E-state index in [0.717, 1.165) is 19.4 Å². The first kappa shape index (κ1) is 11.6. The fourth-order valence-corrected chi connectivity index (χ4v) is 1.85. The number of rotatable bonds is 5. The Balaban J connectivity index is 1.90. The van der Waals surface area contributed by atoms with E-state index in [2.05, 4.69) is 43.4 Å². The van der Waals surface area contributed by atoms with E-state index in [-0.39, 0.29) is 12.1 Å². The Morgan fingerprint density at radius 3 is 2.31 bits per heavy atom. The quantitative estimate of drug-likeness (QED) is 0.797. The van der Waals surface area contributed by atoms with Gasteiger partial charge in [-0.2, -0.15) is 0 Å². The number of aliphatic hydroxyl groups is 1. The number of hydrogen-bond acceptors (Lipinski definition) is 2. The molecule has 2 rings (SSSR count). The van der Waals surface area contributed by atoms with Crippen molar-refractivity contribution < 1.29 is 5.11 Å². The van der Waals surface area contributed by atoms with E-state index in [1.54, 1.807) is 0 Å². The molecule has 0 heterocycles. The number of hydrogen-bond donors (Lipinski definition) is 2. The van der Waals surface area contributed by atoms with Gasteiger partial charge in [0.1, 0.15) is 0 Å². The molecule has 2 N–H and O–H groups in total. The molecule has 1 aliphatic rings. The fourth-order valence-electron chi connectivity index (χ4n) is 1.85. The van der Waals surface area contributed by atoms with E-state index in [9.17, 15) is 5.11 Å². The van der Waals surface area contributed by atoms with Crippen LogP contribution in [0.3, 0.4) is 0 Å². The Labute approximate surface area is 97.7 Å². The van der Waals surface area contributed by atoms with Gasteiger partial charge in [-0.15, -0.1) is 0 Å². The molecule has 0 amide bonds. The van der Waals surface area contributed by atoms with Crippen molar-refractivity contribution in [3.05, 3.63) is 35.4 Å². The van der Waals surface area contributed by atoms with Crippen molar-refractivity contribution >= 4 is 0 Å². The lowest BCUT2D eigenvalue weighted by molar-refractivity contribution is 0.229. The van der Waals surface area contributed by atoms with Crippen LogP contribution >= 0.6 is 0 Å². The van der Waals surface area contributed by atoms with E-state index in [4.69, 9.17) is 0 Å².